The summed E-state index contributed by atoms with van der Waals surface area (Å²) in [6, 6.07) is 8.94. The number of rotatable bonds is 7. The van der Waals surface area contributed by atoms with Gasteiger partial charge >= 0.3 is 0 Å². The summed E-state index contributed by atoms with van der Waals surface area (Å²) in [4.78, 5) is 16.9. The van der Waals surface area contributed by atoms with E-state index in [2.05, 4.69) is 25.8 Å². The number of carbonyl (C=O) groups excluding carboxylic acids is 1. The second-order valence-electron chi connectivity index (χ2n) is 6.39. The number of halogens is 1. The lowest BCUT2D eigenvalue weighted by Crippen LogP contribution is -2.14. The van der Waals surface area contributed by atoms with E-state index in [0.717, 1.165) is 5.69 Å². The third kappa shape index (κ3) is 4.51. The number of ether oxygens (including phenoxy) is 2. The van der Waals surface area contributed by atoms with Crippen molar-refractivity contribution in [3.63, 3.8) is 0 Å². The molecule has 4 rings (SSSR count). The third-order valence-corrected chi connectivity index (χ3v) is 4.99. The molecule has 1 amide bonds. The van der Waals surface area contributed by atoms with Crippen molar-refractivity contribution in [2.45, 2.75) is 13.5 Å². The molecule has 31 heavy (non-hydrogen) atoms. The Morgan fingerprint density at radius 2 is 2.10 bits per heavy atom. The van der Waals surface area contributed by atoms with Gasteiger partial charge in [-0.1, -0.05) is 0 Å². The summed E-state index contributed by atoms with van der Waals surface area (Å²) in [6.07, 6.45) is 0. The Balaban J connectivity index is 1.52. The fourth-order valence-corrected chi connectivity index (χ4v) is 3.34. The van der Waals surface area contributed by atoms with Crippen molar-refractivity contribution in [3.8, 4) is 17.2 Å². The molecule has 0 aliphatic carbocycles. The number of nitrogens with zero attached hydrogens (tertiary/aromatic N) is 5. The van der Waals surface area contributed by atoms with Crippen LogP contribution in [0.2, 0.25) is 0 Å². The molecule has 0 bridgehead atoms. The quantitative estimate of drug-likeness (QED) is 0.470. The summed E-state index contributed by atoms with van der Waals surface area (Å²) in [5.41, 5.74) is 3.31. The summed E-state index contributed by atoms with van der Waals surface area (Å²) >= 11 is 1.48. The molecule has 158 valence electrons. The summed E-state index contributed by atoms with van der Waals surface area (Å²) in [6.45, 7) is 1.99. The van der Waals surface area contributed by atoms with E-state index in [4.69, 9.17) is 9.47 Å². The number of tetrazole rings is 1. The lowest BCUT2D eigenvalue weighted by molar-refractivity contribution is 0.102. The molecule has 2 aromatic carbocycles. The van der Waals surface area contributed by atoms with Gasteiger partial charge in [0.05, 0.1) is 29.7 Å². The van der Waals surface area contributed by atoms with Crippen LogP contribution in [0.15, 0.2) is 47.3 Å². The van der Waals surface area contributed by atoms with Crippen LogP contribution in [-0.2, 0) is 6.61 Å². The first-order chi connectivity index (χ1) is 15.0. The highest BCUT2D eigenvalue weighted by Gasteiger charge is 2.15. The van der Waals surface area contributed by atoms with Crippen LogP contribution in [-0.4, -0.2) is 38.2 Å². The molecule has 0 saturated heterocycles. The van der Waals surface area contributed by atoms with Gasteiger partial charge in [0.2, 0.25) is 0 Å². The van der Waals surface area contributed by atoms with E-state index in [9.17, 15) is 9.18 Å². The molecule has 0 atom stereocenters. The Hall–Kier alpha value is -3.86. The van der Waals surface area contributed by atoms with Gasteiger partial charge in [-0.2, -0.15) is 4.68 Å². The molecule has 0 spiro atoms. The van der Waals surface area contributed by atoms with Gasteiger partial charge in [-0.05, 0) is 53.7 Å². The van der Waals surface area contributed by atoms with Gasteiger partial charge in [0.15, 0.2) is 17.3 Å². The van der Waals surface area contributed by atoms with Gasteiger partial charge in [0.25, 0.3) is 5.91 Å². The molecule has 0 fully saturated rings. The number of nitrogens with one attached hydrogen (secondary N) is 1. The first-order valence-electron chi connectivity index (χ1n) is 9.09. The Morgan fingerprint density at radius 1 is 1.23 bits per heavy atom. The molecule has 0 unspecified atom stereocenters. The fraction of sp³-hybridized carbons (Fsp3) is 0.150. The molecule has 0 aliphatic heterocycles. The topological polar surface area (TPSA) is 104 Å². The van der Waals surface area contributed by atoms with Gasteiger partial charge in [0, 0.05) is 10.9 Å². The number of anilines is 1. The molecule has 2 heterocycles. The lowest BCUT2D eigenvalue weighted by Gasteiger charge is -2.12. The van der Waals surface area contributed by atoms with Crippen molar-refractivity contribution in [2.24, 2.45) is 0 Å². The lowest BCUT2D eigenvalue weighted by atomic mass is 10.1. The summed E-state index contributed by atoms with van der Waals surface area (Å²) in [7, 11) is 1.48. The number of aryl methyl sites for hydroxylation is 1. The Kier molecular flexibility index (Phi) is 5.85. The van der Waals surface area contributed by atoms with Gasteiger partial charge in [-0.25, -0.2) is 9.37 Å². The molecule has 1 N–H and O–H groups in total. The Morgan fingerprint density at radius 3 is 2.81 bits per heavy atom. The molecule has 4 aromatic rings. The van der Waals surface area contributed by atoms with Crippen LogP contribution in [0.25, 0.3) is 5.69 Å². The highest BCUT2D eigenvalue weighted by Crippen LogP contribution is 2.29. The molecule has 9 nitrogen and oxygen atoms in total. The summed E-state index contributed by atoms with van der Waals surface area (Å²) in [5, 5.41) is 15.7. The number of benzene rings is 2. The van der Waals surface area contributed by atoms with Crippen LogP contribution in [0.3, 0.4) is 0 Å². The zero-order chi connectivity index (χ0) is 21.8. The number of thiazole rings is 1. The minimum absolute atomic E-state index is 0.000209. The fourth-order valence-electron chi connectivity index (χ4n) is 2.79. The van der Waals surface area contributed by atoms with Crippen LogP contribution in [0.4, 0.5) is 10.1 Å². The molecule has 2 aromatic heterocycles. The van der Waals surface area contributed by atoms with Gasteiger partial charge in [-0.3, -0.25) is 4.79 Å². The van der Waals surface area contributed by atoms with Crippen LogP contribution in [0.1, 0.15) is 21.9 Å². The van der Waals surface area contributed by atoms with Crippen LogP contribution >= 0.6 is 11.3 Å². The van der Waals surface area contributed by atoms with Crippen LogP contribution in [0, 0.1) is 12.7 Å². The van der Waals surface area contributed by atoms with E-state index in [0.29, 0.717) is 23.0 Å². The van der Waals surface area contributed by atoms with Gasteiger partial charge in [-0.15, -0.1) is 16.4 Å². The van der Waals surface area contributed by atoms with E-state index in [1.54, 1.807) is 24.6 Å². The SMILES string of the molecule is COc1cc(C(=O)Nc2cc(-n3nnnc3C)ccc2F)ccc1OCc1cscn1. The summed E-state index contributed by atoms with van der Waals surface area (Å²) in [5.74, 6) is 0.282. The molecular weight excluding hydrogens is 423 g/mol. The molecular formula is C20H17FN6O3S. The number of hydrogen-bond donors (Lipinski definition) is 1. The van der Waals surface area contributed by atoms with Crippen molar-refractivity contribution >= 4 is 22.9 Å². The third-order valence-electron chi connectivity index (χ3n) is 4.35. The largest absolute Gasteiger partial charge is 0.493 e. The number of methoxy groups -OCH3 is 1. The maximum atomic E-state index is 14.3. The Labute approximate surface area is 180 Å². The van der Waals surface area contributed by atoms with E-state index in [1.165, 1.54) is 47.4 Å². The summed E-state index contributed by atoms with van der Waals surface area (Å²) < 4.78 is 26.8. The molecule has 0 aliphatic rings. The number of amides is 1. The highest BCUT2D eigenvalue weighted by molar-refractivity contribution is 7.07. The molecule has 0 saturated carbocycles. The van der Waals surface area contributed by atoms with Crippen molar-refractivity contribution in [2.75, 3.05) is 12.4 Å². The zero-order valence-corrected chi connectivity index (χ0v) is 17.4. The van der Waals surface area contributed by atoms with E-state index in [1.807, 2.05) is 5.38 Å². The average Bonchev–Trinajstić information content (AvgIpc) is 3.45. The minimum Gasteiger partial charge on any atom is -0.493 e. The maximum absolute atomic E-state index is 14.3. The first-order valence-corrected chi connectivity index (χ1v) is 10.0. The molecule has 11 heteroatoms. The average molecular weight is 440 g/mol. The predicted molar refractivity (Wildman–Crippen MR) is 111 cm³/mol. The maximum Gasteiger partial charge on any atom is 0.255 e. The van der Waals surface area contributed by atoms with E-state index < -0.39 is 11.7 Å². The minimum atomic E-state index is -0.585. The standard InChI is InChI=1S/C20H17FN6O3S/c1-12-24-25-26-27(12)15-4-5-16(21)17(8-15)23-20(28)13-3-6-18(19(7-13)29-2)30-9-14-10-31-11-22-14/h3-8,10-11H,9H2,1-2H3,(H,23,28). The normalized spacial score (nSPS) is 10.7. The molecule has 0 radical (unpaired) electrons. The number of hydrogen-bond acceptors (Lipinski definition) is 8. The zero-order valence-electron chi connectivity index (χ0n) is 16.6. The van der Waals surface area contributed by atoms with E-state index in [-0.39, 0.29) is 17.9 Å². The first kappa shape index (κ1) is 20.4. The second kappa shape index (κ2) is 8.88. The highest BCUT2D eigenvalue weighted by atomic mass is 32.1. The van der Waals surface area contributed by atoms with Gasteiger partial charge < -0.3 is 14.8 Å². The smallest absolute Gasteiger partial charge is 0.255 e. The van der Waals surface area contributed by atoms with Crippen LogP contribution in [0.5, 0.6) is 11.5 Å². The number of aromatic nitrogens is 5. The van der Waals surface area contributed by atoms with Crippen LogP contribution < -0.4 is 14.8 Å². The van der Waals surface area contributed by atoms with Crippen molar-refractivity contribution in [1.82, 2.24) is 25.2 Å². The van der Waals surface area contributed by atoms with Crippen molar-refractivity contribution in [1.29, 1.82) is 0 Å². The van der Waals surface area contributed by atoms with Gasteiger partial charge in [0.1, 0.15) is 12.4 Å². The predicted octanol–water partition coefficient (Wildman–Crippen LogP) is 3.41. The monoisotopic (exact) mass is 440 g/mol. The van der Waals surface area contributed by atoms with Crippen molar-refractivity contribution < 1.29 is 18.7 Å². The van der Waals surface area contributed by atoms with E-state index >= 15 is 0 Å². The number of carbonyl (C=O) groups is 1. The van der Waals surface area contributed by atoms with Crippen molar-refractivity contribution in [3.05, 3.63) is 70.2 Å². The second-order valence-corrected chi connectivity index (χ2v) is 7.11. The Bertz CT molecular complexity index is 1210.